The fraction of sp³-hybridized carbons (Fsp3) is 0.295. The molecule has 11 nitrogen and oxygen atoms in total. The van der Waals surface area contributed by atoms with Gasteiger partial charge in [-0.05, 0) is 111 Å². The maximum atomic E-state index is 4.31. The molecule has 0 aromatic carbocycles. The van der Waals surface area contributed by atoms with Gasteiger partial charge in [0.15, 0.2) is 22.8 Å². The Balaban J connectivity index is -0.000000106. The van der Waals surface area contributed by atoms with E-state index in [0.717, 1.165) is 80.6 Å². The Bertz CT molecular complexity index is 2570. The molecule has 0 N–H and O–H groups in total. The molecule has 0 bridgehead atoms. The molecule has 0 atom stereocenters. The van der Waals surface area contributed by atoms with E-state index in [9.17, 15) is 0 Å². The van der Waals surface area contributed by atoms with E-state index in [-0.39, 0.29) is 304 Å². The standard InChI is InChI=1S/C15H20N2.C8H12N2.C7H9N.C7H8N.C6H8N2.3C6H6N.2W.8Y/c1-12-7-5-8-13(2)16(12)11-17-14(3)9-6-10-15(17)4;1-5-6(2)10-8(4)7(3)9-5;2*1-6-4-3-5-7(2)8-6;1-5-3-6(2)8-7-4-5;3*1-6-4-2-3-5-7-6;;;;;;;;;;/h5-10H,11H2,1-4H3;1-4H3;3-5H,1-2H3;2*3-4H,1-2H3;3*2-4H,1H3;;;;;;;;;;/q+2;;;-1;;3*-1;2*+2;;;;;;;;. The zero-order chi connectivity index (χ0) is 53.4. The summed E-state index contributed by atoms with van der Waals surface area (Å²) in [6, 6.07) is 44.5. The van der Waals surface area contributed by atoms with Crippen molar-refractivity contribution in [1.29, 1.82) is 0 Å². The minimum absolute atomic E-state index is 0. The molecular weight excluding hydrogens is 1970 g/mol. The van der Waals surface area contributed by atoms with Crippen LogP contribution < -0.4 is 9.13 Å². The SMILES string of the molecule is Cc1[c-]ccc(C)n1.Cc1ccc[c-]n1.Cc1ccc[c-]n1.Cc1ccc[c-]n1.Cc1cccc(C)[n+]1C[n+]1c(C)cccc1C.Cc1cccc(C)n1.Cc1cnnc(C)c1.Cc1nc(C)c(C)nc1C.[W+2].[W+2].[Y].[Y].[Y].[Y].[Y].[Y].[Y].[Y]. The second-order valence-corrected chi connectivity index (χ2v) is 17.0. The van der Waals surface area contributed by atoms with Gasteiger partial charge in [-0.2, -0.15) is 70.9 Å². The van der Waals surface area contributed by atoms with Crippen molar-refractivity contribution in [3.8, 4) is 0 Å². The Hall–Kier alpha value is 2.42. The first-order valence-electron chi connectivity index (χ1n) is 23.8. The Morgan fingerprint density at radius 1 is 0.341 bits per heavy atom. The largest absolute Gasteiger partial charge is 2.00 e. The predicted octanol–water partition coefficient (Wildman–Crippen LogP) is 11.5. The molecule has 9 heterocycles. The molecule has 9 aromatic heterocycles. The quantitative estimate of drug-likeness (QED) is 0.123. The van der Waals surface area contributed by atoms with Gasteiger partial charge in [-0.25, -0.2) is 12.1 Å². The summed E-state index contributed by atoms with van der Waals surface area (Å²) in [5.41, 5.74) is 18.7. The number of hydrogen-bond acceptors (Lipinski definition) is 9. The number of aromatic nitrogens is 11. The maximum Gasteiger partial charge on any atom is 2.00 e. The van der Waals surface area contributed by atoms with Gasteiger partial charge in [-0.1, -0.05) is 68.2 Å². The molecule has 82 heavy (non-hydrogen) atoms. The Labute approximate surface area is 723 Å². The fourth-order valence-electron chi connectivity index (χ4n) is 6.11. The summed E-state index contributed by atoms with van der Waals surface area (Å²) in [5.74, 6) is 0. The molecule has 9 aromatic rings. The first-order valence-corrected chi connectivity index (χ1v) is 23.8. The first-order chi connectivity index (χ1) is 34.2. The Kier molecular flexibility index (Phi) is 78.4. The normalized spacial score (nSPS) is 8.35. The minimum Gasteiger partial charge on any atom is -0.391 e. The molecule has 0 saturated carbocycles. The van der Waals surface area contributed by atoms with Gasteiger partial charge >= 0.3 is 48.8 Å². The van der Waals surface area contributed by atoms with Gasteiger partial charge in [-0.3, -0.25) is 19.9 Å². The summed E-state index contributed by atoms with van der Waals surface area (Å²) in [6.45, 7) is 35.1. The minimum atomic E-state index is 0. The number of nitrogens with zero attached hydrogens (tertiary/aromatic N) is 11. The van der Waals surface area contributed by atoms with Gasteiger partial charge in [0.05, 0.1) is 34.7 Å². The van der Waals surface area contributed by atoms with Crippen LogP contribution in [0.15, 0.2) is 134 Å². The number of aryl methyl sites for hydroxylation is 17. The van der Waals surface area contributed by atoms with Crippen molar-refractivity contribution < 1.29 is 313 Å². The van der Waals surface area contributed by atoms with Crippen LogP contribution in [0.2, 0.25) is 0 Å². The average Bonchev–Trinajstić information content (AvgIpc) is 3.33. The van der Waals surface area contributed by atoms with Crippen LogP contribution in [-0.4, -0.2) is 45.1 Å². The molecule has 0 aliphatic rings. The summed E-state index contributed by atoms with van der Waals surface area (Å²) in [7, 11) is 0. The van der Waals surface area contributed by atoms with Crippen LogP contribution in [0.25, 0.3) is 0 Å². The zero-order valence-electron chi connectivity index (χ0n) is 51.3. The smallest absolute Gasteiger partial charge is 0.391 e. The second-order valence-electron chi connectivity index (χ2n) is 17.0. The van der Waals surface area contributed by atoms with E-state index in [4.69, 9.17) is 0 Å². The van der Waals surface area contributed by atoms with Crippen LogP contribution in [0.5, 0.6) is 0 Å². The Morgan fingerprint density at radius 3 is 0.866 bits per heavy atom. The van der Waals surface area contributed by atoms with Crippen LogP contribution >= 0.6 is 0 Å². The van der Waals surface area contributed by atoms with Gasteiger partial charge in [-0.15, -0.1) is 9.13 Å². The summed E-state index contributed by atoms with van der Waals surface area (Å²) in [5, 5.41) is 7.52. The molecule has 0 amide bonds. The van der Waals surface area contributed by atoms with Crippen molar-refractivity contribution in [3.63, 3.8) is 0 Å². The Morgan fingerprint density at radius 2 is 0.659 bits per heavy atom. The van der Waals surface area contributed by atoms with Crippen LogP contribution in [0.3, 0.4) is 0 Å². The number of hydrogen-bond donors (Lipinski definition) is 0. The van der Waals surface area contributed by atoms with Crippen molar-refractivity contribution in [2.75, 3.05) is 0 Å². The summed E-state index contributed by atoms with van der Waals surface area (Å²) >= 11 is 0. The van der Waals surface area contributed by atoms with Crippen LogP contribution in [0, 0.1) is 142 Å². The van der Waals surface area contributed by atoms with Crippen molar-refractivity contribution in [2.45, 2.75) is 124 Å². The average molecular weight is 2040 g/mol. The monoisotopic (exact) mass is 2040 g/mol. The molecule has 0 spiro atoms. The predicted molar refractivity (Wildman–Crippen MR) is 290 cm³/mol. The van der Waals surface area contributed by atoms with Crippen molar-refractivity contribution in [2.24, 2.45) is 0 Å². The molecule has 0 saturated heterocycles. The van der Waals surface area contributed by atoms with Gasteiger partial charge in [0.1, 0.15) is 0 Å². The van der Waals surface area contributed by atoms with Gasteiger partial charge in [0.25, 0.3) is 0 Å². The van der Waals surface area contributed by atoms with Crippen molar-refractivity contribution in [3.05, 3.63) is 255 Å². The first kappa shape index (κ1) is 103. The van der Waals surface area contributed by atoms with Crippen molar-refractivity contribution in [1.82, 2.24) is 45.1 Å². The van der Waals surface area contributed by atoms with E-state index in [1.807, 2.05) is 163 Å². The van der Waals surface area contributed by atoms with Crippen LogP contribution in [0.1, 0.15) is 96.7 Å². The van der Waals surface area contributed by atoms with E-state index in [1.54, 1.807) is 24.4 Å². The topological polar surface area (TPSA) is 124 Å². The molecule has 0 aliphatic heterocycles. The van der Waals surface area contributed by atoms with E-state index in [0.29, 0.717) is 0 Å². The summed E-state index contributed by atoms with van der Waals surface area (Å²) in [4.78, 5) is 28.5. The van der Waals surface area contributed by atoms with Gasteiger partial charge < -0.3 is 15.0 Å². The third-order valence-electron chi connectivity index (χ3n) is 10.2. The molecule has 0 aliphatic carbocycles. The van der Waals surface area contributed by atoms with E-state index >= 15 is 0 Å². The molecule has 408 valence electrons. The van der Waals surface area contributed by atoms with Gasteiger partial charge in [0, 0.05) is 325 Å². The number of pyridine rings is 7. The van der Waals surface area contributed by atoms with Crippen LogP contribution in [0.4, 0.5) is 0 Å². The van der Waals surface area contributed by atoms with Crippen molar-refractivity contribution >= 4 is 0 Å². The second kappa shape index (κ2) is 62.2. The molecule has 0 fully saturated rings. The molecule has 0 unspecified atom stereocenters. The third kappa shape index (κ3) is 50.1. The molecule has 9 rings (SSSR count). The summed E-state index contributed by atoms with van der Waals surface area (Å²) < 4.78 is 4.67. The van der Waals surface area contributed by atoms with Gasteiger partial charge in [0.2, 0.25) is 0 Å². The van der Waals surface area contributed by atoms with E-state index in [2.05, 4.69) is 143 Å². The summed E-state index contributed by atoms with van der Waals surface area (Å²) in [6.07, 6.45) is 9.87. The molecule has 8 radical (unpaired) electrons. The molecule has 21 heteroatoms. The molecular formula is C61H75N11W2Y8+2. The third-order valence-corrected chi connectivity index (χ3v) is 10.2. The number of rotatable bonds is 2. The fourth-order valence-corrected chi connectivity index (χ4v) is 6.11. The maximum absolute atomic E-state index is 4.31. The zero-order valence-corrected chi connectivity index (χ0v) is 79.8. The van der Waals surface area contributed by atoms with Crippen LogP contribution in [-0.2, 0) is 310 Å². The van der Waals surface area contributed by atoms with E-state index in [1.165, 1.54) is 22.8 Å². The van der Waals surface area contributed by atoms with E-state index < -0.39 is 0 Å².